The molecule has 0 aromatic carbocycles. The van der Waals surface area contributed by atoms with Crippen LogP contribution in [0.4, 0.5) is 0 Å². The van der Waals surface area contributed by atoms with Crippen LogP contribution in [0.3, 0.4) is 0 Å². The third kappa shape index (κ3) is 6.23. The maximum Gasteiger partial charge on any atom is 0.191 e. The number of rotatable bonds is 7. The molecule has 0 bridgehead atoms. The summed E-state index contributed by atoms with van der Waals surface area (Å²) in [5.74, 6) is 1.75. The molecule has 134 valence electrons. The Balaban J connectivity index is 1.52. The van der Waals surface area contributed by atoms with E-state index < -0.39 is 0 Å². The number of guanidine groups is 1. The maximum atomic E-state index is 5.78. The lowest BCUT2D eigenvalue weighted by Gasteiger charge is -2.23. The number of furan rings is 1. The van der Waals surface area contributed by atoms with Gasteiger partial charge in [-0.2, -0.15) is 0 Å². The van der Waals surface area contributed by atoms with Gasteiger partial charge >= 0.3 is 0 Å². The summed E-state index contributed by atoms with van der Waals surface area (Å²) >= 11 is 0. The lowest BCUT2D eigenvalue weighted by molar-refractivity contribution is 0.0194. The van der Waals surface area contributed by atoms with E-state index in [1.54, 1.807) is 12.5 Å². The minimum atomic E-state index is 0.265. The van der Waals surface area contributed by atoms with Gasteiger partial charge in [-0.25, -0.2) is 4.99 Å². The molecular formula is C19H26N4O2. The Kier molecular flexibility index (Phi) is 6.88. The van der Waals surface area contributed by atoms with E-state index in [1.165, 1.54) is 12.8 Å². The fourth-order valence-corrected chi connectivity index (χ4v) is 2.76. The van der Waals surface area contributed by atoms with E-state index >= 15 is 0 Å². The molecule has 6 heteroatoms. The van der Waals surface area contributed by atoms with Crippen molar-refractivity contribution < 1.29 is 9.15 Å². The molecular weight excluding hydrogens is 316 g/mol. The van der Waals surface area contributed by atoms with Crippen LogP contribution in [0.2, 0.25) is 0 Å². The highest BCUT2D eigenvalue weighted by molar-refractivity contribution is 5.79. The van der Waals surface area contributed by atoms with Gasteiger partial charge < -0.3 is 19.8 Å². The van der Waals surface area contributed by atoms with E-state index in [4.69, 9.17) is 9.15 Å². The predicted octanol–water partition coefficient (Wildman–Crippen LogP) is 2.52. The highest BCUT2D eigenvalue weighted by Gasteiger charge is 2.14. The average molecular weight is 342 g/mol. The number of nitrogens with zero attached hydrogens (tertiary/aromatic N) is 2. The molecule has 1 aliphatic heterocycles. The molecule has 1 saturated heterocycles. The summed E-state index contributed by atoms with van der Waals surface area (Å²) in [6.07, 6.45) is 8.07. The predicted molar refractivity (Wildman–Crippen MR) is 97.4 cm³/mol. The molecule has 1 fully saturated rings. The molecule has 0 saturated carbocycles. The van der Waals surface area contributed by atoms with Gasteiger partial charge in [0.25, 0.3) is 0 Å². The number of nitrogens with one attached hydrogen (secondary N) is 2. The Labute approximate surface area is 148 Å². The number of hydrogen-bond donors (Lipinski definition) is 2. The van der Waals surface area contributed by atoms with Crippen LogP contribution in [-0.4, -0.2) is 36.7 Å². The van der Waals surface area contributed by atoms with Crippen molar-refractivity contribution in [3.63, 3.8) is 0 Å². The van der Waals surface area contributed by atoms with Gasteiger partial charge in [0.15, 0.2) is 5.96 Å². The summed E-state index contributed by atoms with van der Waals surface area (Å²) < 4.78 is 11.2. The molecule has 2 aromatic rings. The summed E-state index contributed by atoms with van der Waals surface area (Å²) in [6.45, 7) is 2.93. The molecule has 2 N–H and O–H groups in total. The molecule has 6 nitrogen and oxygen atoms in total. The van der Waals surface area contributed by atoms with Crippen molar-refractivity contribution in [2.75, 3.05) is 19.7 Å². The summed E-state index contributed by atoms with van der Waals surface area (Å²) in [5.41, 5.74) is 0.948. The third-order valence-corrected chi connectivity index (χ3v) is 4.14. The van der Waals surface area contributed by atoms with Crippen molar-refractivity contribution >= 4 is 5.96 Å². The van der Waals surface area contributed by atoms with Crippen LogP contribution in [0, 0.1) is 0 Å². The van der Waals surface area contributed by atoms with Crippen LogP contribution in [0.1, 0.15) is 30.7 Å². The zero-order chi connectivity index (χ0) is 17.2. The van der Waals surface area contributed by atoms with E-state index in [-0.39, 0.29) is 6.10 Å². The van der Waals surface area contributed by atoms with Crippen molar-refractivity contribution in [3.05, 3.63) is 54.2 Å². The second kappa shape index (κ2) is 9.84. The SMILES string of the molecule is c1ccc(CN=C(NCCc2ccco2)NCC2CCCCO2)nc1. The highest BCUT2D eigenvalue weighted by Crippen LogP contribution is 2.11. The fourth-order valence-electron chi connectivity index (χ4n) is 2.76. The minimum absolute atomic E-state index is 0.265. The van der Waals surface area contributed by atoms with Crippen molar-refractivity contribution in [1.82, 2.24) is 15.6 Å². The molecule has 1 atom stereocenters. The molecule has 2 aromatic heterocycles. The lowest BCUT2D eigenvalue weighted by Crippen LogP contribution is -2.43. The minimum Gasteiger partial charge on any atom is -0.469 e. The molecule has 1 aliphatic rings. The van der Waals surface area contributed by atoms with Gasteiger partial charge in [0.1, 0.15) is 5.76 Å². The second-order valence-electron chi connectivity index (χ2n) is 6.11. The first-order chi connectivity index (χ1) is 12.4. The Morgan fingerprint density at radius 3 is 2.96 bits per heavy atom. The normalized spacial score (nSPS) is 18.1. The zero-order valence-corrected chi connectivity index (χ0v) is 14.5. The first kappa shape index (κ1) is 17.5. The topological polar surface area (TPSA) is 71.7 Å². The van der Waals surface area contributed by atoms with Gasteiger partial charge in [-0.05, 0) is 43.5 Å². The Morgan fingerprint density at radius 2 is 2.20 bits per heavy atom. The van der Waals surface area contributed by atoms with Gasteiger partial charge in [-0.1, -0.05) is 6.07 Å². The summed E-state index contributed by atoms with van der Waals surface area (Å²) in [4.78, 5) is 8.96. The van der Waals surface area contributed by atoms with Gasteiger partial charge in [-0.15, -0.1) is 0 Å². The molecule has 0 aliphatic carbocycles. The number of pyridine rings is 1. The average Bonchev–Trinajstić information content (AvgIpc) is 3.19. The van der Waals surface area contributed by atoms with E-state index in [0.717, 1.165) is 50.0 Å². The molecule has 0 spiro atoms. The lowest BCUT2D eigenvalue weighted by atomic mass is 10.1. The molecule has 25 heavy (non-hydrogen) atoms. The van der Waals surface area contributed by atoms with Crippen LogP contribution < -0.4 is 10.6 Å². The van der Waals surface area contributed by atoms with Crippen LogP contribution in [-0.2, 0) is 17.7 Å². The van der Waals surface area contributed by atoms with E-state index in [0.29, 0.717) is 6.54 Å². The molecule has 1 unspecified atom stereocenters. The first-order valence-corrected chi connectivity index (χ1v) is 8.96. The number of aliphatic imine (C=N–C) groups is 1. The standard InChI is InChI=1S/C19H26N4O2/c1-3-10-20-16(6-1)14-22-19(21-11-9-17-8-5-13-24-17)23-15-18-7-2-4-12-25-18/h1,3,5-6,8,10,13,18H,2,4,7,9,11-12,14-15H2,(H2,21,22,23). The quantitative estimate of drug-likeness (QED) is 0.598. The van der Waals surface area contributed by atoms with Crippen molar-refractivity contribution in [2.45, 2.75) is 38.3 Å². The Morgan fingerprint density at radius 1 is 1.20 bits per heavy atom. The maximum absolute atomic E-state index is 5.78. The van der Waals surface area contributed by atoms with Crippen LogP contribution in [0.25, 0.3) is 0 Å². The number of hydrogen-bond acceptors (Lipinski definition) is 4. The Hall–Kier alpha value is -2.34. The van der Waals surface area contributed by atoms with Crippen molar-refractivity contribution in [1.29, 1.82) is 0 Å². The largest absolute Gasteiger partial charge is 0.469 e. The monoisotopic (exact) mass is 342 g/mol. The number of aromatic nitrogens is 1. The van der Waals surface area contributed by atoms with Crippen LogP contribution >= 0.6 is 0 Å². The summed E-state index contributed by atoms with van der Waals surface area (Å²) in [6, 6.07) is 9.76. The van der Waals surface area contributed by atoms with E-state index in [2.05, 4.69) is 20.6 Å². The molecule has 0 radical (unpaired) electrons. The van der Waals surface area contributed by atoms with Gasteiger partial charge in [-0.3, -0.25) is 4.98 Å². The van der Waals surface area contributed by atoms with Gasteiger partial charge in [0.2, 0.25) is 0 Å². The molecule has 0 amide bonds. The molecule has 3 heterocycles. The van der Waals surface area contributed by atoms with Gasteiger partial charge in [0.05, 0.1) is 24.6 Å². The number of ether oxygens (including phenoxy) is 1. The van der Waals surface area contributed by atoms with Gasteiger partial charge in [0, 0.05) is 32.3 Å². The zero-order valence-electron chi connectivity index (χ0n) is 14.5. The molecule has 3 rings (SSSR count). The highest BCUT2D eigenvalue weighted by atomic mass is 16.5. The van der Waals surface area contributed by atoms with Crippen molar-refractivity contribution in [2.24, 2.45) is 4.99 Å². The summed E-state index contributed by atoms with van der Waals surface area (Å²) in [7, 11) is 0. The van der Waals surface area contributed by atoms with Crippen molar-refractivity contribution in [3.8, 4) is 0 Å². The smallest absolute Gasteiger partial charge is 0.191 e. The van der Waals surface area contributed by atoms with Crippen LogP contribution in [0.5, 0.6) is 0 Å². The Bertz CT molecular complexity index is 622. The fraction of sp³-hybridized carbons (Fsp3) is 0.474. The first-order valence-electron chi connectivity index (χ1n) is 8.96. The second-order valence-corrected chi connectivity index (χ2v) is 6.11. The third-order valence-electron chi connectivity index (χ3n) is 4.14. The van der Waals surface area contributed by atoms with E-state index in [1.807, 2.05) is 30.3 Å². The van der Waals surface area contributed by atoms with Crippen LogP contribution in [0.15, 0.2) is 52.2 Å². The van der Waals surface area contributed by atoms with E-state index in [9.17, 15) is 0 Å². The summed E-state index contributed by atoms with van der Waals surface area (Å²) in [5, 5.41) is 6.76.